The van der Waals surface area contributed by atoms with Gasteiger partial charge < -0.3 is 10.5 Å². The van der Waals surface area contributed by atoms with Crippen LogP contribution in [0.5, 0.6) is 5.75 Å². The van der Waals surface area contributed by atoms with Crippen molar-refractivity contribution >= 4 is 12.1 Å². The second kappa shape index (κ2) is 4.48. The van der Waals surface area contributed by atoms with E-state index in [0.29, 0.717) is 17.1 Å². The van der Waals surface area contributed by atoms with E-state index in [4.69, 9.17) is 10.5 Å². The first-order chi connectivity index (χ1) is 7.81. The number of nitrogens with two attached hydrogens (primary N) is 1. The zero-order valence-electron chi connectivity index (χ0n) is 8.51. The number of carbonyl (C=O) groups is 1. The second-order valence-electron chi connectivity index (χ2n) is 3.25. The van der Waals surface area contributed by atoms with Crippen LogP contribution in [0.25, 0.3) is 0 Å². The number of nitrogen functional groups attached to an aromatic ring is 1. The fourth-order valence-electron chi connectivity index (χ4n) is 1.30. The Hall–Kier alpha value is -2.30. The van der Waals surface area contributed by atoms with Crippen molar-refractivity contribution in [2.45, 2.75) is 6.61 Å². The minimum absolute atomic E-state index is 0.285. The molecular formula is C11H11N3O2. The van der Waals surface area contributed by atoms with Crippen LogP contribution in [0.2, 0.25) is 0 Å². The van der Waals surface area contributed by atoms with Gasteiger partial charge in [0.25, 0.3) is 0 Å². The first-order valence-electron chi connectivity index (χ1n) is 4.76. The van der Waals surface area contributed by atoms with Gasteiger partial charge >= 0.3 is 0 Å². The summed E-state index contributed by atoms with van der Waals surface area (Å²) in [6.45, 7) is 0.285. The molecular weight excluding hydrogens is 206 g/mol. The average molecular weight is 217 g/mol. The number of hydrogen-bond donors (Lipinski definition) is 2. The summed E-state index contributed by atoms with van der Waals surface area (Å²) in [5.41, 5.74) is 6.89. The lowest BCUT2D eigenvalue weighted by molar-refractivity contribution is 0.111. The van der Waals surface area contributed by atoms with E-state index in [9.17, 15) is 4.79 Å². The predicted octanol–water partition coefficient (Wildman–Crippen LogP) is 1.38. The van der Waals surface area contributed by atoms with Crippen molar-refractivity contribution in [3.63, 3.8) is 0 Å². The first-order valence-corrected chi connectivity index (χ1v) is 4.76. The molecule has 82 valence electrons. The van der Waals surface area contributed by atoms with Gasteiger partial charge in [-0.1, -0.05) is 12.1 Å². The van der Waals surface area contributed by atoms with E-state index in [0.717, 1.165) is 11.8 Å². The molecule has 0 aliphatic heterocycles. The van der Waals surface area contributed by atoms with Crippen LogP contribution in [0.1, 0.15) is 15.9 Å². The van der Waals surface area contributed by atoms with E-state index in [1.165, 1.54) is 0 Å². The fourth-order valence-corrected chi connectivity index (χ4v) is 1.30. The van der Waals surface area contributed by atoms with Crippen LogP contribution in [0, 0.1) is 0 Å². The average Bonchev–Trinajstić information content (AvgIpc) is 2.72. The summed E-state index contributed by atoms with van der Waals surface area (Å²) >= 11 is 0. The van der Waals surface area contributed by atoms with Crippen LogP contribution < -0.4 is 10.5 Å². The third-order valence-electron chi connectivity index (χ3n) is 2.18. The number of nitrogens with one attached hydrogen (secondary N) is 1. The number of rotatable bonds is 4. The summed E-state index contributed by atoms with van der Waals surface area (Å²) in [5, 5.41) is 6.39. The van der Waals surface area contributed by atoms with Crippen molar-refractivity contribution in [1.82, 2.24) is 10.2 Å². The van der Waals surface area contributed by atoms with Crippen LogP contribution in [-0.2, 0) is 6.61 Å². The van der Waals surface area contributed by atoms with Crippen molar-refractivity contribution in [3.8, 4) is 5.75 Å². The summed E-state index contributed by atoms with van der Waals surface area (Å²) < 4.78 is 5.48. The van der Waals surface area contributed by atoms with Gasteiger partial charge in [-0.05, 0) is 12.1 Å². The van der Waals surface area contributed by atoms with Gasteiger partial charge in [0.05, 0.1) is 17.3 Å². The molecule has 16 heavy (non-hydrogen) atoms. The molecule has 3 N–H and O–H groups in total. The molecule has 0 saturated heterocycles. The van der Waals surface area contributed by atoms with Crippen molar-refractivity contribution in [2.75, 3.05) is 5.73 Å². The number of aromatic nitrogens is 2. The van der Waals surface area contributed by atoms with Gasteiger partial charge in [0, 0.05) is 0 Å². The van der Waals surface area contributed by atoms with Gasteiger partial charge in [-0.2, -0.15) is 5.10 Å². The lowest BCUT2D eigenvalue weighted by Gasteiger charge is -2.06. The molecule has 0 atom stereocenters. The van der Waals surface area contributed by atoms with Gasteiger partial charge in [0.1, 0.15) is 18.2 Å². The van der Waals surface area contributed by atoms with Crippen LogP contribution in [-0.4, -0.2) is 16.5 Å². The zero-order valence-corrected chi connectivity index (χ0v) is 8.51. The number of ether oxygens (including phenoxy) is 1. The highest BCUT2D eigenvalue weighted by molar-refractivity contribution is 5.79. The Morgan fingerprint density at radius 3 is 2.94 bits per heavy atom. The van der Waals surface area contributed by atoms with Crippen LogP contribution >= 0.6 is 0 Å². The highest BCUT2D eigenvalue weighted by Crippen LogP contribution is 2.18. The molecule has 1 aromatic heterocycles. The number of carbonyl (C=O) groups excluding carboxylic acids is 1. The largest absolute Gasteiger partial charge is 0.488 e. The number of benzene rings is 1. The maximum absolute atomic E-state index is 10.7. The van der Waals surface area contributed by atoms with Crippen molar-refractivity contribution < 1.29 is 9.53 Å². The third-order valence-corrected chi connectivity index (χ3v) is 2.18. The fraction of sp³-hybridized carbons (Fsp3) is 0.0909. The molecule has 1 aromatic carbocycles. The number of para-hydroxylation sites is 1. The Kier molecular flexibility index (Phi) is 2.86. The highest BCUT2D eigenvalue weighted by Gasteiger charge is 2.05. The number of aromatic amines is 1. The predicted molar refractivity (Wildman–Crippen MR) is 59.2 cm³/mol. The molecule has 2 aromatic rings. The van der Waals surface area contributed by atoms with Gasteiger partial charge in [-0.25, -0.2) is 0 Å². The van der Waals surface area contributed by atoms with Crippen LogP contribution in [0.3, 0.4) is 0 Å². The van der Waals surface area contributed by atoms with E-state index in [1.807, 2.05) is 0 Å². The van der Waals surface area contributed by atoms with Crippen molar-refractivity contribution in [3.05, 3.63) is 41.6 Å². The molecule has 0 radical (unpaired) electrons. The normalized spacial score (nSPS) is 10.0. The maximum Gasteiger partial charge on any atom is 0.153 e. The lowest BCUT2D eigenvalue weighted by atomic mass is 10.2. The summed E-state index contributed by atoms with van der Waals surface area (Å²) in [5.74, 6) is 1.02. The van der Waals surface area contributed by atoms with Gasteiger partial charge in [-0.3, -0.25) is 9.89 Å². The van der Waals surface area contributed by atoms with Crippen LogP contribution in [0.4, 0.5) is 5.82 Å². The Morgan fingerprint density at radius 2 is 2.25 bits per heavy atom. The Labute approximate surface area is 92.2 Å². The topological polar surface area (TPSA) is 81.0 Å². The molecule has 0 aliphatic carbocycles. The quantitative estimate of drug-likeness (QED) is 0.758. The minimum Gasteiger partial charge on any atom is -0.488 e. The summed E-state index contributed by atoms with van der Waals surface area (Å²) in [6, 6.07) is 7.02. The molecule has 1 heterocycles. The number of nitrogens with zero attached hydrogens (tertiary/aromatic N) is 1. The number of hydrogen-bond acceptors (Lipinski definition) is 4. The highest BCUT2D eigenvalue weighted by atomic mass is 16.5. The molecule has 5 nitrogen and oxygen atoms in total. The maximum atomic E-state index is 10.7. The SMILES string of the molecule is Nc1[nH]ncc1COc1ccccc1C=O. The molecule has 2 rings (SSSR count). The van der Waals surface area contributed by atoms with E-state index in [-0.39, 0.29) is 6.61 Å². The number of aldehydes is 1. The first kappa shape index (κ1) is 10.2. The molecule has 0 bridgehead atoms. The summed E-state index contributed by atoms with van der Waals surface area (Å²) in [4.78, 5) is 10.7. The van der Waals surface area contributed by atoms with Crippen molar-refractivity contribution in [2.24, 2.45) is 0 Å². The zero-order chi connectivity index (χ0) is 11.4. The van der Waals surface area contributed by atoms with E-state index < -0.39 is 0 Å². The molecule has 0 fully saturated rings. The monoisotopic (exact) mass is 217 g/mol. The Morgan fingerprint density at radius 1 is 1.44 bits per heavy atom. The minimum atomic E-state index is 0.285. The molecule has 5 heteroatoms. The number of anilines is 1. The van der Waals surface area contributed by atoms with Crippen molar-refractivity contribution in [1.29, 1.82) is 0 Å². The molecule has 0 unspecified atom stereocenters. The second-order valence-corrected chi connectivity index (χ2v) is 3.25. The van der Waals surface area contributed by atoms with Gasteiger partial charge in [0.15, 0.2) is 6.29 Å². The van der Waals surface area contributed by atoms with Crippen LogP contribution in [0.15, 0.2) is 30.5 Å². The molecule has 0 amide bonds. The van der Waals surface area contributed by atoms with Gasteiger partial charge in [-0.15, -0.1) is 0 Å². The van der Waals surface area contributed by atoms with Gasteiger partial charge in [0.2, 0.25) is 0 Å². The summed E-state index contributed by atoms with van der Waals surface area (Å²) in [6.07, 6.45) is 2.35. The molecule has 0 aliphatic rings. The standard InChI is InChI=1S/C11H11N3O2/c12-11-9(5-13-14-11)7-16-10-4-2-1-3-8(10)6-15/h1-6H,7H2,(H3,12,13,14). The summed E-state index contributed by atoms with van der Waals surface area (Å²) in [7, 11) is 0. The lowest BCUT2D eigenvalue weighted by Crippen LogP contribution is -2.00. The van der Waals surface area contributed by atoms with E-state index >= 15 is 0 Å². The van der Waals surface area contributed by atoms with E-state index in [1.54, 1.807) is 30.5 Å². The number of H-pyrrole nitrogens is 1. The Bertz CT molecular complexity index is 493. The van der Waals surface area contributed by atoms with E-state index in [2.05, 4.69) is 10.2 Å². The smallest absolute Gasteiger partial charge is 0.153 e. The molecule has 0 spiro atoms. The third kappa shape index (κ3) is 2.03. The molecule has 0 saturated carbocycles. The Balaban J connectivity index is 2.10.